The summed E-state index contributed by atoms with van der Waals surface area (Å²) in [5.74, 6) is -0.0189. The van der Waals surface area contributed by atoms with Gasteiger partial charge in [-0.15, -0.1) is 0 Å². The van der Waals surface area contributed by atoms with Crippen molar-refractivity contribution in [1.29, 1.82) is 0 Å². The minimum atomic E-state index is -0.0589. The zero-order valence-electron chi connectivity index (χ0n) is 11.3. The van der Waals surface area contributed by atoms with Crippen LogP contribution in [0, 0.1) is 5.41 Å². The van der Waals surface area contributed by atoms with E-state index in [2.05, 4.69) is 31.1 Å². The number of carbonyl (C=O) groups excluding carboxylic acids is 1. The van der Waals surface area contributed by atoms with Gasteiger partial charge in [-0.05, 0) is 29.5 Å². The molecular formula is C14H22N2O2. The van der Waals surface area contributed by atoms with E-state index in [1.165, 1.54) is 0 Å². The van der Waals surface area contributed by atoms with Crippen LogP contribution in [0.15, 0.2) is 24.5 Å². The van der Waals surface area contributed by atoms with Gasteiger partial charge in [-0.1, -0.05) is 20.8 Å². The predicted octanol–water partition coefficient (Wildman–Crippen LogP) is 1.54. The molecule has 1 atom stereocenters. The molecule has 1 amide bonds. The molecule has 18 heavy (non-hydrogen) atoms. The average Bonchev–Trinajstić information content (AvgIpc) is 2.28. The summed E-state index contributed by atoms with van der Waals surface area (Å²) in [4.78, 5) is 15.8. The van der Waals surface area contributed by atoms with Crippen LogP contribution in [0.1, 0.15) is 32.8 Å². The SMILES string of the molecule is CC(C)(C)C(CCO)NC(=O)Cc1ccncc1. The van der Waals surface area contributed by atoms with Crippen molar-refractivity contribution in [2.45, 2.75) is 39.7 Å². The van der Waals surface area contributed by atoms with Gasteiger partial charge in [0.1, 0.15) is 0 Å². The monoisotopic (exact) mass is 250 g/mol. The maximum atomic E-state index is 11.9. The highest BCUT2D eigenvalue weighted by Crippen LogP contribution is 2.21. The van der Waals surface area contributed by atoms with Gasteiger partial charge in [0.25, 0.3) is 0 Å². The van der Waals surface area contributed by atoms with Crippen molar-refractivity contribution < 1.29 is 9.90 Å². The molecule has 1 heterocycles. The topological polar surface area (TPSA) is 62.2 Å². The van der Waals surface area contributed by atoms with Gasteiger partial charge >= 0.3 is 0 Å². The first kappa shape index (κ1) is 14.6. The van der Waals surface area contributed by atoms with E-state index in [-0.39, 0.29) is 24.0 Å². The molecule has 0 fully saturated rings. The number of hydrogen-bond donors (Lipinski definition) is 2. The molecule has 0 aromatic carbocycles. The molecule has 2 N–H and O–H groups in total. The number of aliphatic hydroxyl groups is 1. The molecular weight excluding hydrogens is 228 g/mol. The van der Waals surface area contributed by atoms with Crippen molar-refractivity contribution in [1.82, 2.24) is 10.3 Å². The predicted molar refractivity (Wildman–Crippen MR) is 71.0 cm³/mol. The van der Waals surface area contributed by atoms with E-state index in [4.69, 9.17) is 5.11 Å². The summed E-state index contributed by atoms with van der Waals surface area (Å²) in [5.41, 5.74) is 0.885. The maximum Gasteiger partial charge on any atom is 0.224 e. The Morgan fingerprint density at radius 2 is 2.00 bits per heavy atom. The Morgan fingerprint density at radius 1 is 1.39 bits per heavy atom. The number of aromatic nitrogens is 1. The first-order chi connectivity index (χ1) is 8.43. The highest BCUT2D eigenvalue weighted by Gasteiger charge is 2.25. The number of nitrogens with one attached hydrogen (secondary N) is 1. The summed E-state index contributed by atoms with van der Waals surface area (Å²) >= 11 is 0. The molecule has 0 saturated carbocycles. The third-order valence-electron chi connectivity index (χ3n) is 2.91. The minimum Gasteiger partial charge on any atom is -0.396 e. The number of aliphatic hydroxyl groups excluding tert-OH is 1. The van der Waals surface area contributed by atoms with E-state index in [1.807, 2.05) is 12.1 Å². The molecule has 4 nitrogen and oxygen atoms in total. The maximum absolute atomic E-state index is 11.9. The lowest BCUT2D eigenvalue weighted by Crippen LogP contribution is -2.44. The highest BCUT2D eigenvalue weighted by molar-refractivity contribution is 5.78. The third-order valence-corrected chi connectivity index (χ3v) is 2.91. The smallest absolute Gasteiger partial charge is 0.224 e. The third kappa shape index (κ3) is 4.84. The van der Waals surface area contributed by atoms with Crippen molar-refractivity contribution in [3.05, 3.63) is 30.1 Å². The molecule has 0 spiro atoms. The van der Waals surface area contributed by atoms with E-state index in [9.17, 15) is 4.79 Å². The fraction of sp³-hybridized carbons (Fsp3) is 0.571. The van der Waals surface area contributed by atoms with E-state index in [1.54, 1.807) is 12.4 Å². The lowest BCUT2D eigenvalue weighted by molar-refractivity contribution is -0.122. The van der Waals surface area contributed by atoms with Crippen LogP contribution in [0.3, 0.4) is 0 Å². The lowest BCUT2D eigenvalue weighted by Gasteiger charge is -2.31. The van der Waals surface area contributed by atoms with E-state index >= 15 is 0 Å². The molecule has 0 aliphatic heterocycles. The van der Waals surface area contributed by atoms with Crippen molar-refractivity contribution in [3.8, 4) is 0 Å². The van der Waals surface area contributed by atoms with Gasteiger partial charge in [0.05, 0.1) is 6.42 Å². The van der Waals surface area contributed by atoms with Crippen LogP contribution in [0.4, 0.5) is 0 Å². The number of rotatable bonds is 5. The van der Waals surface area contributed by atoms with Crippen molar-refractivity contribution in [2.75, 3.05) is 6.61 Å². The molecule has 0 aliphatic rings. The normalized spacial score (nSPS) is 13.1. The second-order valence-electron chi connectivity index (χ2n) is 5.53. The Balaban J connectivity index is 2.57. The number of hydrogen-bond acceptors (Lipinski definition) is 3. The van der Waals surface area contributed by atoms with Crippen LogP contribution in [0.25, 0.3) is 0 Å². The number of pyridine rings is 1. The van der Waals surface area contributed by atoms with Crippen LogP contribution in [-0.2, 0) is 11.2 Å². The van der Waals surface area contributed by atoms with E-state index in [0.717, 1.165) is 5.56 Å². The second kappa shape index (κ2) is 6.50. The van der Waals surface area contributed by atoms with Gasteiger partial charge in [-0.2, -0.15) is 0 Å². The summed E-state index contributed by atoms with van der Waals surface area (Å²) in [6.07, 6.45) is 4.28. The quantitative estimate of drug-likeness (QED) is 0.833. The summed E-state index contributed by atoms with van der Waals surface area (Å²) in [6.45, 7) is 6.25. The Labute approximate surface area is 108 Å². The van der Waals surface area contributed by atoms with E-state index in [0.29, 0.717) is 12.8 Å². The van der Waals surface area contributed by atoms with Gasteiger partial charge in [-0.25, -0.2) is 0 Å². The first-order valence-electron chi connectivity index (χ1n) is 6.22. The van der Waals surface area contributed by atoms with Crippen LogP contribution in [0.5, 0.6) is 0 Å². The van der Waals surface area contributed by atoms with Crippen molar-refractivity contribution in [2.24, 2.45) is 5.41 Å². The second-order valence-corrected chi connectivity index (χ2v) is 5.53. The standard InChI is InChI=1S/C14H22N2O2/c1-14(2,3)12(6-9-17)16-13(18)10-11-4-7-15-8-5-11/h4-5,7-8,12,17H,6,9-10H2,1-3H3,(H,16,18). The number of carbonyl (C=O) groups is 1. The number of nitrogens with zero attached hydrogens (tertiary/aromatic N) is 1. The van der Waals surface area contributed by atoms with Crippen molar-refractivity contribution in [3.63, 3.8) is 0 Å². The highest BCUT2D eigenvalue weighted by atomic mass is 16.3. The molecule has 1 unspecified atom stereocenters. The molecule has 4 heteroatoms. The van der Waals surface area contributed by atoms with Gasteiger partial charge in [0, 0.05) is 25.0 Å². The lowest BCUT2D eigenvalue weighted by atomic mass is 9.85. The fourth-order valence-corrected chi connectivity index (χ4v) is 1.78. The molecule has 0 bridgehead atoms. The van der Waals surface area contributed by atoms with Crippen molar-refractivity contribution >= 4 is 5.91 Å². The first-order valence-corrected chi connectivity index (χ1v) is 6.22. The molecule has 100 valence electrons. The zero-order chi connectivity index (χ0) is 13.6. The van der Waals surface area contributed by atoms with Gasteiger partial charge in [0.2, 0.25) is 5.91 Å². The fourth-order valence-electron chi connectivity index (χ4n) is 1.78. The minimum absolute atomic E-state index is 0.0168. The zero-order valence-corrected chi connectivity index (χ0v) is 11.3. The van der Waals surface area contributed by atoms with Gasteiger partial charge in [-0.3, -0.25) is 9.78 Å². The summed E-state index contributed by atoms with van der Waals surface area (Å²) in [7, 11) is 0. The molecule has 0 radical (unpaired) electrons. The Bertz CT molecular complexity index is 371. The van der Waals surface area contributed by atoms with E-state index < -0.39 is 0 Å². The summed E-state index contributed by atoms with van der Waals surface area (Å²) in [6, 6.07) is 3.65. The Kier molecular flexibility index (Phi) is 5.28. The Hall–Kier alpha value is -1.42. The summed E-state index contributed by atoms with van der Waals surface area (Å²) < 4.78 is 0. The molecule has 0 aliphatic carbocycles. The van der Waals surface area contributed by atoms with Crippen LogP contribution < -0.4 is 5.32 Å². The molecule has 1 rings (SSSR count). The molecule has 0 saturated heterocycles. The van der Waals surface area contributed by atoms with Crippen LogP contribution in [-0.4, -0.2) is 28.6 Å². The van der Waals surface area contributed by atoms with Crippen LogP contribution in [0.2, 0.25) is 0 Å². The van der Waals surface area contributed by atoms with Gasteiger partial charge in [0.15, 0.2) is 0 Å². The molecule has 1 aromatic rings. The van der Waals surface area contributed by atoms with Crippen LogP contribution >= 0.6 is 0 Å². The average molecular weight is 250 g/mol. The van der Waals surface area contributed by atoms with Gasteiger partial charge < -0.3 is 10.4 Å². The Morgan fingerprint density at radius 3 is 2.50 bits per heavy atom. The largest absolute Gasteiger partial charge is 0.396 e. The number of amides is 1. The molecule has 1 aromatic heterocycles. The summed E-state index contributed by atoms with van der Waals surface area (Å²) in [5, 5.41) is 12.0.